The summed E-state index contributed by atoms with van der Waals surface area (Å²) in [6.45, 7) is 2.62. The number of likely N-dealkylation sites (tertiary alicyclic amines) is 1. The van der Waals surface area contributed by atoms with Crippen molar-refractivity contribution in [2.45, 2.75) is 50.4 Å². The first kappa shape index (κ1) is 16.6. The van der Waals surface area contributed by atoms with Crippen LogP contribution in [0.1, 0.15) is 41.8 Å². The number of carbonyl (C=O) groups excluding carboxylic acids is 1. The van der Waals surface area contributed by atoms with Gasteiger partial charge in [0.25, 0.3) is 5.91 Å². The highest BCUT2D eigenvalue weighted by atomic mass is 16.5. The van der Waals surface area contributed by atoms with Crippen LogP contribution in [0.15, 0.2) is 28.7 Å². The number of carbonyl (C=O) groups is 1. The highest BCUT2D eigenvalue weighted by Gasteiger charge is 2.52. The number of rotatable bonds is 3. The van der Waals surface area contributed by atoms with Gasteiger partial charge in [0.15, 0.2) is 0 Å². The Morgan fingerprint density at radius 1 is 1.32 bits per heavy atom. The lowest BCUT2D eigenvalue weighted by Gasteiger charge is -2.43. The summed E-state index contributed by atoms with van der Waals surface area (Å²) in [5, 5.41) is 0.971. The van der Waals surface area contributed by atoms with Crippen LogP contribution >= 0.6 is 0 Å². The fourth-order valence-electron chi connectivity index (χ4n) is 4.63. The van der Waals surface area contributed by atoms with Gasteiger partial charge in [-0.15, -0.1) is 0 Å². The van der Waals surface area contributed by atoms with Crippen LogP contribution in [0, 0.1) is 6.92 Å². The van der Waals surface area contributed by atoms with E-state index in [-0.39, 0.29) is 23.7 Å². The third kappa shape index (κ3) is 2.57. The van der Waals surface area contributed by atoms with Gasteiger partial charge in [-0.1, -0.05) is 12.1 Å². The van der Waals surface area contributed by atoms with Crippen LogP contribution in [0.5, 0.6) is 0 Å². The van der Waals surface area contributed by atoms with E-state index in [2.05, 4.69) is 0 Å². The molecule has 1 aromatic carbocycles. The summed E-state index contributed by atoms with van der Waals surface area (Å²) in [7, 11) is 3.52. The molecule has 0 radical (unpaired) electrons. The van der Waals surface area contributed by atoms with Crippen LogP contribution in [0.2, 0.25) is 0 Å². The molecule has 2 aliphatic rings. The Kier molecular flexibility index (Phi) is 4.08. The number of hydrogen-bond acceptors (Lipinski definition) is 4. The molecule has 2 heterocycles. The molecule has 4 rings (SSSR count). The second-order valence-electron chi connectivity index (χ2n) is 7.25. The van der Waals surface area contributed by atoms with Crippen LogP contribution in [0.3, 0.4) is 0 Å². The summed E-state index contributed by atoms with van der Waals surface area (Å²) in [5.74, 6) is 0.848. The first-order chi connectivity index (χ1) is 12.1. The van der Waals surface area contributed by atoms with Gasteiger partial charge in [0.2, 0.25) is 0 Å². The van der Waals surface area contributed by atoms with Crippen LogP contribution in [0.25, 0.3) is 11.0 Å². The number of ether oxygens (including phenoxy) is 2. The largest absolute Gasteiger partial charge is 0.461 e. The Labute approximate surface area is 147 Å². The van der Waals surface area contributed by atoms with E-state index in [0.717, 1.165) is 36.8 Å². The monoisotopic (exact) mass is 343 g/mol. The minimum Gasteiger partial charge on any atom is -0.461 e. The Bertz CT molecular complexity index is 798. The molecule has 1 saturated heterocycles. The van der Waals surface area contributed by atoms with Crippen molar-refractivity contribution >= 4 is 16.9 Å². The Balaban J connectivity index is 1.69. The third-order valence-corrected chi connectivity index (χ3v) is 6.03. The SMILES string of the molecule is CO[C@@H]1CC[C@@]2(OC)CCN(C(=O)c3cccc4cc(C)oc34)[C@H]2C1. The zero-order valence-electron chi connectivity index (χ0n) is 15.1. The third-order valence-electron chi connectivity index (χ3n) is 6.03. The van der Waals surface area contributed by atoms with Gasteiger partial charge in [0, 0.05) is 26.2 Å². The maximum absolute atomic E-state index is 13.3. The second kappa shape index (κ2) is 6.15. The topological polar surface area (TPSA) is 51.9 Å². The molecular formula is C20H25NO4. The average molecular weight is 343 g/mol. The molecule has 25 heavy (non-hydrogen) atoms. The van der Waals surface area contributed by atoms with Gasteiger partial charge in [-0.2, -0.15) is 0 Å². The number of benzene rings is 1. The van der Waals surface area contributed by atoms with Gasteiger partial charge in [-0.25, -0.2) is 0 Å². The second-order valence-corrected chi connectivity index (χ2v) is 7.25. The summed E-state index contributed by atoms with van der Waals surface area (Å²) in [6, 6.07) is 7.78. The minimum atomic E-state index is -0.238. The van der Waals surface area contributed by atoms with Gasteiger partial charge in [-0.3, -0.25) is 4.79 Å². The molecule has 0 unspecified atom stereocenters. The van der Waals surface area contributed by atoms with E-state index in [4.69, 9.17) is 13.9 Å². The summed E-state index contributed by atoms with van der Waals surface area (Å²) >= 11 is 0. The average Bonchev–Trinajstić information content (AvgIpc) is 3.20. The van der Waals surface area contributed by atoms with E-state index in [1.54, 1.807) is 14.2 Å². The molecule has 2 fully saturated rings. The number of amides is 1. The molecule has 1 aliphatic heterocycles. The number of fused-ring (bicyclic) bond motifs is 2. The molecule has 1 amide bonds. The molecule has 0 spiro atoms. The molecule has 3 atom stereocenters. The van der Waals surface area contributed by atoms with Crippen LogP contribution < -0.4 is 0 Å². The fraction of sp³-hybridized carbons (Fsp3) is 0.550. The number of aryl methyl sites for hydroxylation is 1. The normalized spacial score (nSPS) is 29.2. The molecule has 5 nitrogen and oxygen atoms in total. The summed E-state index contributed by atoms with van der Waals surface area (Å²) in [5.41, 5.74) is 1.08. The molecule has 1 aromatic heterocycles. The van der Waals surface area contributed by atoms with Crippen LogP contribution in [0.4, 0.5) is 0 Å². The van der Waals surface area contributed by atoms with E-state index < -0.39 is 0 Å². The minimum absolute atomic E-state index is 0.0284. The zero-order chi connectivity index (χ0) is 17.6. The predicted octanol–water partition coefficient (Wildman–Crippen LogP) is 3.54. The van der Waals surface area contributed by atoms with E-state index in [0.29, 0.717) is 17.7 Å². The van der Waals surface area contributed by atoms with Crippen molar-refractivity contribution in [2.75, 3.05) is 20.8 Å². The van der Waals surface area contributed by atoms with Crippen LogP contribution in [-0.4, -0.2) is 49.3 Å². The van der Waals surface area contributed by atoms with E-state index in [1.807, 2.05) is 36.1 Å². The maximum atomic E-state index is 13.3. The lowest BCUT2D eigenvalue weighted by Crippen LogP contribution is -2.53. The van der Waals surface area contributed by atoms with Crippen molar-refractivity contribution in [1.29, 1.82) is 0 Å². The highest BCUT2D eigenvalue weighted by Crippen LogP contribution is 2.43. The van der Waals surface area contributed by atoms with Crippen molar-refractivity contribution in [2.24, 2.45) is 0 Å². The Morgan fingerprint density at radius 3 is 2.92 bits per heavy atom. The molecule has 2 aromatic rings. The Morgan fingerprint density at radius 2 is 2.16 bits per heavy atom. The van der Waals surface area contributed by atoms with Gasteiger partial charge in [0.1, 0.15) is 11.3 Å². The van der Waals surface area contributed by atoms with Gasteiger partial charge >= 0.3 is 0 Å². The number of para-hydroxylation sites is 1. The highest BCUT2D eigenvalue weighted by molar-refractivity contribution is 6.05. The fourth-order valence-corrected chi connectivity index (χ4v) is 4.63. The standard InChI is InChI=1S/C20H25NO4/c1-13-11-14-5-4-6-16(18(14)25-13)19(22)21-10-9-20(24-3)8-7-15(23-2)12-17(20)21/h4-6,11,15,17H,7-10,12H2,1-3H3/t15-,17+,20-/m1/s1. The number of methoxy groups -OCH3 is 2. The number of furan rings is 1. The first-order valence-electron chi connectivity index (χ1n) is 8.96. The van der Waals surface area contributed by atoms with Gasteiger partial charge < -0.3 is 18.8 Å². The predicted molar refractivity (Wildman–Crippen MR) is 94.8 cm³/mol. The molecular weight excluding hydrogens is 318 g/mol. The van der Waals surface area contributed by atoms with Crippen molar-refractivity contribution in [3.8, 4) is 0 Å². The van der Waals surface area contributed by atoms with Crippen molar-refractivity contribution in [3.63, 3.8) is 0 Å². The maximum Gasteiger partial charge on any atom is 0.258 e. The van der Waals surface area contributed by atoms with E-state index >= 15 is 0 Å². The van der Waals surface area contributed by atoms with Crippen molar-refractivity contribution in [1.82, 2.24) is 4.90 Å². The molecule has 0 bridgehead atoms. The van der Waals surface area contributed by atoms with Crippen molar-refractivity contribution in [3.05, 3.63) is 35.6 Å². The molecule has 1 saturated carbocycles. The zero-order valence-corrected chi connectivity index (χ0v) is 15.1. The van der Waals surface area contributed by atoms with Gasteiger partial charge in [0.05, 0.1) is 23.3 Å². The molecule has 0 N–H and O–H groups in total. The van der Waals surface area contributed by atoms with Crippen molar-refractivity contribution < 1.29 is 18.7 Å². The molecule has 1 aliphatic carbocycles. The smallest absolute Gasteiger partial charge is 0.258 e. The summed E-state index contributed by atoms with van der Waals surface area (Å²) in [4.78, 5) is 15.3. The van der Waals surface area contributed by atoms with E-state index in [1.165, 1.54) is 0 Å². The quantitative estimate of drug-likeness (QED) is 0.855. The lowest BCUT2D eigenvalue weighted by atomic mass is 9.79. The Hall–Kier alpha value is -1.85. The number of hydrogen-bond donors (Lipinski definition) is 0. The first-order valence-corrected chi connectivity index (χ1v) is 8.96. The summed E-state index contributed by atoms with van der Waals surface area (Å²) in [6.07, 6.45) is 3.80. The number of nitrogens with zero attached hydrogens (tertiary/aromatic N) is 1. The summed E-state index contributed by atoms with van der Waals surface area (Å²) < 4.78 is 17.3. The molecule has 5 heteroatoms. The van der Waals surface area contributed by atoms with Gasteiger partial charge in [-0.05, 0) is 44.7 Å². The van der Waals surface area contributed by atoms with Crippen LogP contribution in [-0.2, 0) is 9.47 Å². The lowest BCUT2D eigenvalue weighted by molar-refractivity contribution is -0.0893. The molecule has 134 valence electrons. The van der Waals surface area contributed by atoms with E-state index in [9.17, 15) is 4.79 Å².